The number of carbonyl (C=O) groups excluding carboxylic acids is 1. The second-order valence-electron chi connectivity index (χ2n) is 4.48. The van der Waals surface area contributed by atoms with E-state index in [9.17, 15) is 4.79 Å². The molecule has 0 atom stereocenters. The van der Waals surface area contributed by atoms with Crippen molar-refractivity contribution in [3.05, 3.63) is 59.6 Å². The maximum Gasteiger partial charge on any atom is 0.250 e. The van der Waals surface area contributed by atoms with Crippen molar-refractivity contribution < 1.29 is 9.53 Å². The van der Waals surface area contributed by atoms with E-state index in [1.165, 1.54) is 0 Å². The SMILES string of the molecule is O=C(COCc1nc2ccccc2s1)Nc1ccccc1. The molecule has 0 bridgehead atoms. The largest absolute Gasteiger partial charge is 0.364 e. The third kappa shape index (κ3) is 3.65. The molecule has 1 amide bonds. The fourth-order valence-electron chi connectivity index (χ4n) is 1.93. The van der Waals surface area contributed by atoms with Gasteiger partial charge in [-0.05, 0) is 24.3 Å². The van der Waals surface area contributed by atoms with Crippen LogP contribution in [0, 0.1) is 0 Å². The molecular weight excluding hydrogens is 284 g/mol. The van der Waals surface area contributed by atoms with Gasteiger partial charge in [-0.1, -0.05) is 30.3 Å². The van der Waals surface area contributed by atoms with Gasteiger partial charge in [-0.3, -0.25) is 4.79 Å². The smallest absolute Gasteiger partial charge is 0.250 e. The van der Waals surface area contributed by atoms with Crippen LogP contribution in [0.25, 0.3) is 10.2 Å². The normalized spacial score (nSPS) is 10.7. The minimum absolute atomic E-state index is 0.0187. The highest BCUT2D eigenvalue weighted by atomic mass is 32.1. The van der Waals surface area contributed by atoms with Gasteiger partial charge in [0.2, 0.25) is 5.91 Å². The van der Waals surface area contributed by atoms with Crippen LogP contribution in [0.15, 0.2) is 54.6 Å². The third-order valence-electron chi connectivity index (χ3n) is 2.85. The van der Waals surface area contributed by atoms with Gasteiger partial charge in [-0.2, -0.15) is 0 Å². The van der Waals surface area contributed by atoms with E-state index in [0.717, 1.165) is 20.9 Å². The van der Waals surface area contributed by atoms with Gasteiger partial charge >= 0.3 is 0 Å². The molecule has 4 nitrogen and oxygen atoms in total. The fraction of sp³-hybridized carbons (Fsp3) is 0.125. The van der Waals surface area contributed by atoms with E-state index in [4.69, 9.17) is 4.74 Å². The van der Waals surface area contributed by atoms with Gasteiger partial charge in [0.15, 0.2) is 0 Å². The molecular formula is C16H14N2O2S. The predicted molar refractivity (Wildman–Crippen MR) is 84.3 cm³/mol. The first-order chi connectivity index (χ1) is 10.3. The molecule has 0 unspecified atom stereocenters. The molecule has 1 N–H and O–H groups in total. The van der Waals surface area contributed by atoms with Crippen molar-refractivity contribution >= 4 is 33.1 Å². The summed E-state index contributed by atoms with van der Waals surface area (Å²) in [5.41, 5.74) is 1.74. The Labute approximate surface area is 126 Å². The van der Waals surface area contributed by atoms with Crippen molar-refractivity contribution in [3.63, 3.8) is 0 Å². The number of hydrogen-bond donors (Lipinski definition) is 1. The zero-order chi connectivity index (χ0) is 14.5. The number of thiazole rings is 1. The maximum atomic E-state index is 11.7. The highest BCUT2D eigenvalue weighted by Crippen LogP contribution is 2.21. The van der Waals surface area contributed by atoms with Crippen LogP contribution in [0.4, 0.5) is 5.69 Å². The fourth-order valence-corrected chi connectivity index (χ4v) is 2.84. The summed E-state index contributed by atoms with van der Waals surface area (Å²) in [6.07, 6.45) is 0. The van der Waals surface area contributed by atoms with Crippen molar-refractivity contribution in [2.75, 3.05) is 11.9 Å². The lowest BCUT2D eigenvalue weighted by atomic mass is 10.3. The van der Waals surface area contributed by atoms with Gasteiger partial charge in [0.1, 0.15) is 11.6 Å². The molecule has 0 spiro atoms. The Hall–Kier alpha value is -2.24. The number of hydrogen-bond acceptors (Lipinski definition) is 4. The molecule has 2 aromatic carbocycles. The number of anilines is 1. The molecule has 5 heteroatoms. The standard InChI is InChI=1S/C16H14N2O2S/c19-15(17-12-6-2-1-3-7-12)10-20-11-16-18-13-8-4-5-9-14(13)21-16/h1-9H,10-11H2,(H,17,19). The van der Waals surface area contributed by atoms with Gasteiger partial charge in [-0.25, -0.2) is 4.98 Å². The molecule has 1 heterocycles. The topological polar surface area (TPSA) is 51.2 Å². The summed E-state index contributed by atoms with van der Waals surface area (Å²) in [6.45, 7) is 0.367. The number of carbonyl (C=O) groups is 1. The Morgan fingerprint density at radius 3 is 2.67 bits per heavy atom. The summed E-state index contributed by atoms with van der Waals surface area (Å²) in [7, 11) is 0. The van der Waals surface area contributed by atoms with Crippen LogP contribution in [-0.4, -0.2) is 17.5 Å². The summed E-state index contributed by atoms with van der Waals surface area (Å²) in [5, 5.41) is 3.65. The Balaban J connectivity index is 1.50. The average molecular weight is 298 g/mol. The molecule has 21 heavy (non-hydrogen) atoms. The molecule has 3 aromatic rings. The molecule has 3 rings (SSSR count). The van der Waals surface area contributed by atoms with E-state index in [0.29, 0.717) is 6.61 Å². The van der Waals surface area contributed by atoms with Crippen LogP contribution in [0.3, 0.4) is 0 Å². The molecule has 1 aromatic heterocycles. The minimum atomic E-state index is -0.165. The van der Waals surface area contributed by atoms with Gasteiger partial charge < -0.3 is 10.1 Å². The quantitative estimate of drug-likeness (QED) is 0.785. The number of benzene rings is 2. The zero-order valence-corrected chi connectivity index (χ0v) is 12.1. The highest BCUT2D eigenvalue weighted by Gasteiger charge is 2.06. The number of aromatic nitrogens is 1. The molecule has 0 saturated carbocycles. The van der Waals surface area contributed by atoms with Crippen LogP contribution in [0.2, 0.25) is 0 Å². The lowest BCUT2D eigenvalue weighted by Gasteiger charge is -2.04. The third-order valence-corrected chi connectivity index (χ3v) is 3.86. The first-order valence-electron chi connectivity index (χ1n) is 6.58. The second-order valence-corrected chi connectivity index (χ2v) is 5.60. The van der Waals surface area contributed by atoms with Crippen LogP contribution in [0.1, 0.15) is 5.01 Å². The van der Waals surface area contributed by atoms with Crippen LogP contribution < -0.4 is 5.32 Å². The number of amides is 1. The summed E-state index contributed by atoms with van der Waals surface area (Å²) in [5.74, 6) is -0.165. The van der Waals surface area contributed by atoms with Crippen LogP contribution in [0.5, 0.6) is 0 Å². The molecule has 0 saturated heterocycles. The van der Waals surface area contributed by atoms with Gasteiger partial charge in [0.05, 0.1) is 16.8 Å². The van der Waals surface area contributed by atoms with E-state index in [-0.39, 0.29) is 12.5 Å². The molecule has 0 aliphatic carbocycles. The summed E-state index contributed by atoms with van der Waals surface area (Å²) >= 11 is 1.59. The zero-order valence-electron chi connectivity index (χ0n) is 11.3. The van der Waals surface area contributed by atoms with Crippen molar-refractivity contribution in [1.82, 2.24) is 4.98 Å². The molecule has 0 aliphatic heterocycles. The Kier molecular flexibility index (Phi) is 4.23. The van der Waals surface area contributed by atoms with Crippen LogP contribution >= 0.6 is 11.3 Å². The summed E-state index contributed by atoms with van der Waals surface area (Å²) in [4.78, 5) is 16.2. The lowest BCUT2D eigenvalue weighted by molar-refractivity contribution is -0.121. The van der Waals surface area contributed by atoms with Crippen molar-refractivity contribution in [3.8, 4) is 0 Å². The number of para-hydroxylation sites is 2. The summed E-state index contributed by atoms with van der Waals surface area (Å²) in [6, 6.07) is 17.3. The van der Waals surface area contributed by atoms with Crippen molar-refractivity contribution in [2.45, 2.75) is 6.61 Å². The van der Waals surface area contributed by atoms with E-state index in [1.54, 1.807) is 11.3 Å². The minimum Gasteiger partial charge on any atom is -0.364 e. The van der Waals surface area contributed by atoms with E-state index in [2.05, 4.69) is 10.3 Å². The Bertz CT molecular complexity index is 707. The second kappa shape index (κ2) is 6.47. The Morgan fingerprint density at radius 1 is 1.10 bits per heavy atom. The number of nitrogens with zero attached hydrogens (tertiary/aromatic N) is 1. The van der Waals surface area contributed by atoms with E-state index >= 15 is 0 Å². The number of nitrogens with one attached hydrogen (secondary N) is 1. The monoisotopic (exact) mass is 298 g/mol. The van der Waals surface area contributed by atoms with Crippen molar-refractivity contribution in [1.29, 1.82) is 0 Å². The predicted octanol–water partition coefficient (Wildman–Crippen LogP) is 3.45. The lowest BCUT2D eigenvalue weighted by Crippen LogP contribution is -2.18. The first kappa shape index (κ1) is 13.7. The molecule has 106 valence electrons. The molecule has 0 aliphatic rings. The first-order valence-corrected chi connectivity index (χ1v) is 7.40. The van der Waals surface area contributed by atoms with Crippen LogP contribution in [-0.2, 0) is 16.1 Å². The van der Waals surface area contributed by atoms with Gasteiger partial charge in [0, 0.05) is 5.69 Å². The molecule has 0 fully saturated rings. The highest BCUT2D eigenvalue weighted by molar-refractivity contribution is 7.18. The summed E-state index contributed by atoms with van der Waals surface area (Å²) < 4.78 is 6.55. The van der Waals surface area contributed by atoms with E-state index < -0.39 is 0 Å². The van der Waals surface area contributed by atoms with Gasteiger partial charge in [-0.15, -0.1) is 11.3 Å². The molecule has 0 radical (unpaired) electrons. The number of ether oxygens (including phenoxy) is 1. The van der Waals surface area contributed by atoms with Crippen molar-refractivity contribution in [2.24, 2.45) is 0 Å². The number of fused-ring (bicyclic) bond motifs is 1. The van der Waals surface area contributed by atoms with Gasteiger partial charge in [0.25, 0.3) is 0 Å². The van der Waals surface area contributed by atoms with E-state index in [1.807, 2.05) is 54.6 Å². The maximum absolute atomic E-state index is 11.7. The number of rotatable bonds is 5. The average Bonchev–Trinajstić information content (AvgIpc) is 2.91. The Morgan fingerprint density at radius 2 is 1.86 bits per heavy atom.